The number of carbonyl (C=O) groups is 2. The molecule has 148 valence electrons. The molecule has 1 aromatic heterocycles. The summed E-state index contributed by atoms with van der Waals surface area (Å²) in [7, 11) is 0. The number of amides is 2. The van der Waals surface area contributed by atoms with E-state index >= 15 is 0 Å². The number of anilines is 2. The maximum absolute atomic E-state index is 14.0. The van der Waals surface area contributed by atoms with Crippen molar-refractivity contribution in [1.29, 1.82) is 0 Å². The number of aryl methyl sites for hydroxylation is 2. The Morgan fingerprint density at radius 1 is 1.17 bits per heavy atom. The number of hydrogen-bond acceptors (Lipinski definition) is 3. The number of benzene rings is 2. The molecule has 0 spiro atoms. The predicted molar refractivity (Wildman–Crippen MR) is 104 cm³/mol. The second kappa shape index (κ2) is 7.46. The molecule has 2 heterocycles. The lowest BCUT2D eigenvalue weighted by atomic mass is 10.1. The van der Waals surface area contributed by atoms with Crippen molar-refractivity contribution in [2.24, 2.45) is 0 Å². The van der Waals surface area contributed by atoms with Crippen LogP contribution in [-0.4, -0.2) is 21.6 Å². The third-order valence-corrected chi connectivity index (χ3v) is 4.77. The van der Waals surface area contributed by atoms with Crippen LogP contribution in [0.3, 0.4) is 0 Å². The molecule has 29 heavy (non-hydrogen) atoms. The zero-order valence-electron chi connectivity index (χ0n) is 15.6. The highest BCUT2D eigenvalue weighted by molar-refractivity contribution is 6.04. The van der Waals surface area contributed by atoms with E-state index in [2.05, 4.69) is 15.7 Å². The van der Waals surface area contributed by atoms with Crippen LogP contribution in [0.2, 0.25) is 0 Å². The molecule has 8 heteroatoms. The number of nitrogens with one attached hydrogen (secondary N) is 2. The van der Waals surface area contributed by atoms with E-state index in [1.54, 1.807) is 19.1 Å². The van der Waals surface area contributed by atoms with E-state index in [-0.39, 0.29) is 17.3 Å². The molecule has 0 unspecified atom stereocenters. The molecule has 2 amide bonds. The van der Waals surface area contributed by atoms with E-state index in [0.717, 1.165) is 40.9 Å². The van der Waals surface area contributed by atoms with Gasteiger partial charge in [-0.2, -0.15) is 5.10 Å². The Balaban J connectivity index is 1.59. The molecule has 0 saturated heterocycles. The first-order valence-electron chi connectivity index (χ1n) is 9.17. The SMILES string of the molecule is Cc1cn(-c2c(F)cccc2F)nc1C(=O)Nc1ccc2c(c1)CCCC(=O)N2. The van der Waals surface area contributed by atoms with Crippen molar-refractivity contribution in [3.8, 4) is 5.69 Å². The molecule has 0 fully saturated rings. The maximum Gasteiger partial charge on any atom is 0.276 e. The first-order valence-corrected chi connectivity index (χ1v) is 9.17. The maximum atomic E-state index is 14.0. The first kappa shape index (κ1) is 18.8. The number of halogens is 2. The van der Waals surface area contributed by atoms with Crippen molar-refractivity contribution >= 4 is 23.2 Å². The van der Waals surface area contributed by atoms with Gasteiger partial charge in [0.15, 0.2) is 17.3 Å². The Labute approximate surface area is 165 Å². The molecule has 3 aromatic rings. The zero-order chi connectivity index (χ0) is 20.5. The normalized spacial score (nSPS) is 13.4. The number of fused-ring (bicyclic) bond motifs is 1. The van der Waals surface area contributed by atoms with E-state index in [1.165, 1.54) is 12.3 Å². The van der Waals surface area contributed by atoms with Gasteiger partial charge < -0.3 is 10.6 Å². The van der Waals surface area contributed by atoms with Crippen molar-refractivity contribution < 1.29 is 18.4 Å². The summed E-state index contributed by atoms with van der Waals surface area (Å²) >= 11 is 0. The molecule has 0 radical (unpaired) electrons. The lowest BCUT2D eigenvalue weighted by Gasteiger charge is -2.10. The first-order chi connectivity index (χ1) is 13.9. The molecular weight excluding hydrogens is 378 g/mol. The highest BCUT2D eigenvalue weighted by Gasteiger charge is 2.19. The molecule has 2 N–H and O–H groups in total. The van der Waals surface area contributed by atoms with Gasteiger partial charge in [0.2, 0.25) is 5.91 Å². The van der Waals surface area contributed by atoms with Gasteiger partial charge in [-0.1, -0.05) is 6.07 Å². The van der Waals surface area contributed by atoms with Gasteiger partial charge in [-0.05, 0) is 55.7 Å². The van der Waals surface area contributed by atoms with Gasteiger partial charge in [-0.3, -0.25) is 9.59 Å². The second-order valence-corrected chi connectivity index (χ2v) is 6.90. The van der Waals surface area contributed by atoms with Gasteiger partial charge in [0.25, 0.3) is 5.91 Å². The van der Waals surface area contributed by atoms with E-state index in [9.17, 15) is 18.4 Å². The summed E-state index contributed by atoms with van der Waals surface area (Å²) in [5.41, 5.74) is 2.43. The van der Waals surface area contributed by atoms with E-state index < -0.39 is 17.5 Å². The topological polar surface area (TPSA) is 76.0 Å². The van der Waals surface area contributed by atoms with Gasteiger partial charge >= 0.3 is 0 Å². The van der Waals surface area contributed by atoms with Crippen LogP contribution >= 0.6 is 0 Å². The number of hydrogen-bond donors (Lipinski definition) is 2. The Hall–Kier alpha value is -3.55. The molecule has 2 aromatic carbocycles. The van der Waals surface area contributed by atoms with E-state index in [4.69, 9.17) is 0 Å². The number of carbonyl (C=O) groups excluding carboxylic acids is 2. The fourth-order valence-corrected chi connectivity index (χ4v) is 3.35. The lowest BCUT2D eigenvalue weighted by Crippen LogP contribution is -2.15. The van der Waals surface area contributed by atoms with Crippen LogP contribution in [-0.2, 0) is 11.2 Å². The van der Waals surface area contributed by atoms with Gasteiger partial charge in [-0.25, -0.2) is 13.5 Å². The summed E-state index contributed by atoms with van der Waals surface area (Å²) < 4.78 is 29.1. The number of rotatable bonds is 3. The minimum Gasteiger partial charge on any atom is -0.326 e. The van der Waals surface area contributed by atoms with Crippen LogP contribution < -0.4 is 10.6 Å². The van der Waals surface area contributed by atoms with Gasteiger partial charge in [0.05, 0.1) is 0 Å². The van der Waals surface area contributed by atoms with Crippen LogP contribution in [0.4, 0.5) is 20.2 Å². The Kier molecular flexibility index (Phi) is 4.84. The van der Waals surface area contributed by atoms with Crippen molar-refractivity contribution in [3.63, 3.8) is 0 Å². The van der Waals surface area contributed by atoms with Gasteiger partial charge in [0.1, 0.15) is 5.69 Å². The largest absolute Gasteiger partial charge is 0.326 e. The third-order valence-electron chi connectivity index (χ3n) is 4.77. The van der Waals surface area contributed by atoms with Crippen LogP contribution in [0.5, 0.6) is 0 Å². The van der Waals surface area contributed by atoms with E-state index in [0.29, 0.717) is 17.7 Å². The molecule has 0 atom stereocenters. The molecule has 6 nitrogen and oxygen atoms in total. The van der Waals surface area contributed by atoms with Crippen LogP contribution in [0.15, 0.2) is 42.6 Å². The number of nitrogens with zero attached hydrogens (tertiary/aromatic N) is 2. The summed E-state index contributed by atoms with van der Waals surface area (Å²) in [6, 6.07) is 8.76. The van der Waals surface area contributed by atoms with Crippen molar-refractivity contribution in [3.05, 3.63) is 71.1 Å². The van der Waals surface area contributed by atoms with Crippen molar-refractivity contribution in [1.82, 2.24) is 9.78 Å². The minimum absolute atomic E-state index is 0.0259. The molecule has 0 aliphatic carbocycles. The monoisotopic (exact) mass is 396 g/mol. The molecular formula is C21H18F2N4O2. The zero-order valence-corrected chi connectivity index (χ0v) is 15.6. The molecule has 1 aliphatic rings. The second-order valence-electron chi connectivity index (χ2n) is 6.90. The van der Waals surface area contributed by atoms with Gasteiger partial charge in [-0.15, -0.1) is 0 Å². The number of aromatic nitrogens is 2. The fourth-order valence-electron chi connectivity index (χ4n) is 3.35. The van der Waals surface area contributed by atoms with Crippen LogP contribution in [0, 0.1) is 18.6 Å². The highest BCUT2D eigenvalue weighted by Crippen LogP contribution is 2.26. The lowest BCUT2D eigenvalue weighted by molar-refractivity contribution is -0.116. The summed E-state index contributed by atoms with van der Waals surface area (Å²) in [4.78, 5) is 24.3. The summed E-state index contributed by atoms with van der Waals surface area (Å²) in [6.07, 6.45) is 3.31. The smallest absolute Gasteiger partial charge is 0.276 e. The third kappa shape index (κ3) is 3.73. The van der Waals surface area contributed by atoms with Crippen molar-refractivity contribution in [2.75, 3.05) is 10.6 Å². The van der Waals surface area contributed by atoms with Crippen molar-refractivity contribution in [2.45, 2.75) is 26.2 Å². The molecule has 1 aliphatic heterocycles. The van der Waals surface area contributed by atoms with Gasteiger partial charge in [0, 0.05) is 29.6 Å². The quantitative estimate of drug-likeness (QED) is 0.703. The van der Waals surface area contributed by atoms with Crippen LogP contribution in [0.25, 0.3) is 5.69 Å². The summed E-state index contributed by atoms with van der Waals surface area (Å²) in [5.74, 6) is -2.06. The molecule has 0 bridgehead atoms. The minimum atomic E-state index is -0.771. The summed E-state index contributed by atoms with van der Waals surface area (Å²) in [5, 5.41) is 9.68. The molecule has 4 rings (SSSR count). The standard InChI is InChI=1S/C21H18F2N4O2/c1-12-11-27(20-15(22)5-3-6-16(20)23)26-19(12)21(29)24-14-8-9-17-13(10-14)4-2-7-18(28)25-17/h3,5-6,8-11H,2,4,7H2,1H3,(H,24,29)(H,25,28). The summed E-state index contributed by atoms with van der Waals surface area (Å²) in [6.45, 7) is 1.64. The fraction of sp³-hybridized carbons (Fsp3) is 0.190. The predicted octanol–water partition coefficient (Wildman–Crippen LogP) is 3.99. The Morgan fingerprint density at radius 3 is 2.69 bits per heavy atom. The van der Waals surface area contributed by atoms with Crippen LogP contribution in [0.1, 0.15) is 34.5 Å². The molecule has 0 saturated carbocycles. The van der Waals surface area contributed by atoms with E-state index in [1.807, 2.05) is 6.07 Å². The average molecular weight is 396 g/mol. The Bertz CT molecular complexity index is 1100. The Morgan fingerprint density at radius 2 is 1.93 bits per heavy atom. The highest BCUT2D eigenvalue weighted by atomic mass is 19.1. The number of para-hydroxylation sites is 1. The average Bonchev–Trinajstić information content (AvgIpc) is 2.94.